The normalized spacial score (nSPS) is 13.6. The molecule has 0 radical (unpaired) electrons. The van der Waals surface area contributed by atoms with Gasteiger partial charge in [0, 0.05) is 25.1 Å². The Morgan fingerprint density at radius 2 is 2.00 bits per heavy atom. The molecular weight excluding hydrogens is 251 g/mol. The molecular formula is C13H17FN2O3. The Balaban J connectivity index is 2.62. The molecule has 1 aromatic carbocycles. The van der Waals surface area contributed by atoms with Gasteiger partial charge >= 0.3 is 5.97 Å². The van der Waals surface area contributed by atoms with E-state index in [9.17, 15) is 14.0 Å². The summed E-state index contributed by atoms with van der Waals surface area (Å²) in [6, 6.07) is 4.88. The molecule has 2 atom stereocenters. The standard InChI is InChI=1S/C13H17FN2O3/c1-8(10-5-3-4-6-11(10)14)15-7-12(13(18)19)16-9(2)17/h3-6,8,12,15H,7H2,1-2H3,(H,16,17)(H,18,19). The number of carbonyl (C=O) groups is 2. The Morgan fingerprint density at radius 1 is 1.37 bits per heavy atom. The third kappa shape index (κ3) is 4.67. The van der Waals surface area contributed by atoms with E-state index in [0.717, 1.165) is 0 Å². The van der Waals surface area contributed by atoms with Crippen molar-refractivity contribution < 1.29 is 19.1 Å². The van der Waals surface area contributed by atoms with E-state index in [2.05, 4.69) is 10.6 Å². The number of rotatable bonds is 6. The summed E-state index contributed by atoms with van der Waals surface area (Å²) in [5, 5.41) is 14.1. The van der Waals surface area contributed by atoms with Crippen LogP contribution in [0.4, 0.5) is 4.39 Å². The van der Waals surface area contributed by atoms with Crippen LogP contribution in [0.5, 0.6) is 0 Å². The Labute approximate surface area is 110 Å². The smallest absolute Gasteiger partial charge is 0.327 e. The van der Waals surface area contributed by atoms with Crippen LogP contribution in [0.25, 0.3) is 0 Å². The van der Waals surface area contributed by atoms with E-state index in [-0.39, 0.29) is 18.4 Å². The SMILES string of the molecule is CC(=O)NC(CNC(C)c1ccccc1F)C(=O)O. The number of amides is 1. The van der Waals surface area contributed by atoms with Crippen molar-refractivity contribution in [1.82, 2.24) is 10.6 Å². The lowest BCUT2D eigenvalue weighted by Gasteiger charge is -2.19. The number of carboxylic acids is 1. The molecule has 0 saturated heterocycles. The minimum atomic E-state index is -1.14. The van der Waals surface area contributed by atoms with E-state index >= 15 is 0 Å². The molecule has 0 aliphatic carbocycles. The molecule has 0 heterocycles. The van der Waals surface area contributed by atoms with Gasteiger partial charge in [-0.25, -0.2) is 9.18 Å². The zero-order chi connectivity index (χ0) is 14.4. The minimum absolute atomic E-state index is 0.0183. The Morgan fingerprint density at radius 3 is 2.53 bits per heavy atom. The first-order valence-corrected chi connectivity index (χ1v) is 5.89. The van der Waals surface area contributed by atoms with Crippen LogP contribution in [-0.4, -0.2) is 29.6 Å². The Hall–Kier alpha value is -1.95. The predicted octanol–water partition coefficient (Wildman–Crippen LogP) is 1.07. The van der Waals surface area contributed by atoms with Gasteiger partial charge < -0.3 is 15.7 Å². The monoisotopic (exact) mass is 268 g/mol. The summed E-state index contributed by atoms with van der Waals surface area (Å²) in [5.41, 5.74) is 0.453. The molecule has 19 heavy (non-hydrogen) atoms. The number of halogens is 1. The molecule has 104 valence electrons. The van der Waals surface area contributed by atoms with E-state index in [4.69, 9.17) is 5.11 Å². The van der Waals surface area contributed by atoms with Gasteiger partial charge in [0.1, 0.15) is 11.9 Å². The van der Waals surface area contributed by atoms with Gasteiger partial charge in [-0.1, -0.05) is 18.2 Å². The largest absolute Gasteiger partial charge is 0.480 e. The van der Waals surface area contributed by atoms with Gasteiger partial charge in [0.2, 0.25) is 5.91 Å². The average Bonchev–Trinajstić information content (AvgIpc) is 2.34. The van der Waals surface area contributed by atoms with Crippen molar-refractivity contribution in [3.63, 3.8) is 0 Å². The minimum Gasteiger partial charge on any atom is -0.480 e. The molecule has 1 aromatic rings. The quantitative estimate of drug-likeness (QED) is 0.721. The fourth-order valence-electron chi connectivity index (χ4n) is 1.68. The van der Waals surface area contributed by atoms with Crippen LogP contribution in [0, 0.1) is 5.82 Å². The molecule has 5 nitrogen and oxygen atoms in total. The molecule has 0 aliphatic rings. The molecule has 1 amide bonds. The van der Waals surface area contributed by atoms with Crippen LogP contribution in [-0.2, 0) is 9.59 Å². The third-order valence-electron chi connectivity index (χ3n) is 2.68. The molecule has 6 heteroatoms. The van der Waals surface area contributed by atoms with Crippen LogP contribution in [0.2, 0.25) is 0 Å². The first-order chi connectivity index (χ1) is 8.91. The lowest BCUT2D eigenvalue weighted by Crippen LogP contribution is -2.46. The summed E-state index contributed by atoms with van der Waals surface area (Å²) in [4.78, 5) is 21.8. The van der Waals surface area contributed by atoms with Crippen molar-refractivity contribution in [2.24, 2.45) is 0 Å². The fraction of sp³-hybridized carbons (Fsp3) is 0.385. The summed E-state index contributed by atoms with van der Waals surface area (Å²) in [6.07, 6.45) is 0. The van der Waals surface area contributed by atoms with Gasteiger partial charge in [-0.3, -0.25) is 4.79 Å². The van der Waals surface area contributed by atoms with Gasteiger partial charge in [-0.05, 0) is 13.0 Å². The zero-order valence-corrected chi connectivity index (χ0v) is 10.8. The number of aliphatic carboxylic acids is 1. The maximum absolute atomic E-state index is 13.5. The highest BCUT2D eigenvalue weighted by Crippen LogP contribution is 2.15. The van der Waals surface area contributed by atoms with Crippen LogP contribution < -0.4 is 10.6 Å². The van der Waals surface area contributed by atoms with Crippen molar-refractivity contribution in [2.75, 3.05) is 6.54 Å². The first-order valence-electron chi connectivity index (χ1n) is 5.89. The second-order valence-electron chi connectivity index (χ2n) is 4.24. The summed E-state index contributed by atoms with van der Waals surface area (Å²) in [5.74, 6) is -1.91. The van der Waals surface area contributed by atoms with Gasteiger partial charge in [0.25, 0.3) is 0 Å². The Bertz CT molecular complexity index is 465. The maximum Gasteiger partial charge on any atom is 0.327 e. The number of hydrogen-bond acceptors (Lipinski definition) is 3. The first kappa shape index (κ1) is 15.1. The van der Waals surface area contributed by atoms with Crippen molar-refractivity contribution in [2.45, 2.75) is 25.9 Å². The highest BCUT2D eigenvalue weighted by molar-refractivity contribution is 5.82. The molecule has 0 saturated carbocycles. The van der Waals surface area contributed by atoms with Crippen LogP contribution >= 0.6 is 0 Å². The second kappa shape index (κ2) is 6.84. The molecule has 3 N–H and O–H groups in total. The van der Waals surface area contributed by atoms with E-state index in [0.29, 0.717) is 5.56 Å². The topological polar surface area (TPSA) is 78.4 Å². The molecule has 0 aliphatic heterocycles. The number of hydrogen-bond donors (Lipinski definition) is 3. The summed E-state index contributed by atoms with van der Waals surface area (Å²) < 4.78 is 13.5. The summed E-state index contributed by atoms with van der Waals surface area (Å²) in [6.45, 7) is 2.99. The van der Waals surface area contributed by atoms with Crippen LogP contribution in [0.3, 0.4) is 0 Å². The predicted molar refractivity (Wildman–Crippen MR) is 68.1 cm³/mol. The summed E-state index contributed by atoms with van der Waals surface area (Å²) >= 11 is 0. The van der Waals surface area contributed by atoms with E-state index in [1.54, 1.807) is 25.1 Å². The van der Waals surface area contributed by atoms with Gasteiger partial charge in [0.15, 0.2) is 0 Å². The van der Waals surface area contributed by atoms with Crippen molar-refractivity contribution in [1.29, 1.82) is 0 Å². The second-order valence-corrected chi connectivity index (χ2v) is 4.24. The lowest BCUT2D eigenvalue weighted by atomic mass is 10.1. The third-order valence-corrected chi connectivity index (χ3v) is 2.68. The van der Waals surface area contributed by atoms with Crippen LogP contribution in [0.15, 0.2) is 24.3 Å². The number of carboxylic acid groups (broad SMARTS) is 1. The molecule has 2 unspecified atom stereocenters. The van der Waals surface area contributed by atoms with Crippen molar-refractivity contribution in [3.05, 3.63) is 35.6 Å². The molecule has 0 aromatic heterocycles. The summed E-state index contributed by atoms with van der Waals surface area (Å²) in [7, 11) is 0. The van der Waals surface area contributed by atoms with E-state index < -0.39 is 17.9 Å². The molecule has 0 fully saturated rings. The van der Waals surface area contributed by atoms with Gasteiger partial charge in [-0.2, -0.15) is 0 Å². The highest BCUT2D eigenvalue weighted by atomic mass is 19.1. The van der Waals surface area contributed by atoms with E-state index in [1.807, 2.05) is 0 Å². The van der Waals surface area contributed by atoms with Gasteiger partial charge in [0.05, 0.1) is 0 Å². The van der Waals surface area contributed by atoms with E-state index in [1.165, 1.54) is 13.0 Å². The van der Waals surface area contributed by atoms with Crippen molar-refractivity contribution in [3.8, 4) is 0 Å². The van der Waals surface area contributed by atoms with Gasteiger partial charge in [-0.15, -0.1) is 0 Å². The zero-order valence-electron chi connectivity index (χ0n) is 10.8. The number of carbonyl (C=O) groups excluding carboxylic acids is 1. The average molecular weight is 268 g/mol. The van der Waals surface area contributed by atoms with Crippen molar-refractivity contribution >= 4 is 11.9 Å². The fourth-order valence-corrected chi connectivity index (χ4v) is 1.68. The number of nitrogens with one attached hydrogen (secondary N) is 2. The van der Waals surface area contributed by atoms with Crippen LogP contribution in [0.1, 0.15) is 25.5 Å². The maximum atomic E-state index is 13.5. The molecule has 0 bridgehead atoms. The highest BCUT2D eigenvalue weighted by Gasteiger charge is 2.19. The molecule has 1 rings (SSSR count). The molecule has 0 spiro atoms. The number of benzene rings is 1. The lowest BCUT2D eigenvalue weighted by molar-refractivity contribution is -0.141. The Kier molecular flexibility index (Phi) is 5.44.